The van der Waals surface area contributed by atoms with Crippen LogP contribution >= 0.6 is 15.9 Å². The van der Waals surface area contributed by atoms with Crippen LogP contribution in [0, 0.1) is 5.82 Å². The second-order valence-corrected chi connectivity index (χ2v) is 3.79. The average Bonchev–Trinajstić information content (AvgIpc) is 2.28. The van der Waals surface area contributed by atoms with Gasteiger partial charge in [0.2, 0.25) is 0 Å². The van der Waals surface area contributed by atoms with Gasteiger partial charge in [-0.15, -0.1) is 0 Å². The summed E-state index contributed by atoms with van der Waals surface area (Å²) in [6, 6.07) is 4.11. The number of ether oxygens (including phenoxy) is 1. The van der Waals surface area contributed by atoms with Crippen LogP contribution < -0.4 is 10.1 Å². The lowest BCUT2D eigenvalue weighted by atomic mass is 10.3. The van der Waals surface area contributed by atoms with Crippen molar-refractivity contribution >= 4 is 21.8 Å². The highest BCUT2D eigenvalue weighted by molar-refractivity contribution is 9.10. The maximum atomic E-state index is 12.9. The molecular formula is C10H11BrFNO3. The lowest BCUT2D eigenvalue weighted by Gasteiger charge is -2.06. The first-order chi connectivity index (χ1) is 7.63. The van der Waals surface area contributed by atoms with Crippen molar-refractivity contribution in [2.75, 3.05) is 19.8 Å². The van der Waals surface area contributed by atoms with Crippen LogP contribution in [-0.2, 0) is 4.79 Å². The molecule has 2 N–H and O–H groups in total. The van der Waals surface area contributed by atoms with Gasteiger partial charge in [-0.05, 0) is 34.1 Å². The molecule has 1 aromatic rings. The van der Waals surface area contributed by atoms with Gasteiger partial charge in [0.15, 0.2) is 6.61 Å². The van der Waals surface area contributed by atoms with Crippen molar-refractivity contribution in [3.63, 3.8) is 0 Å². The molecule has 0 aliphatic rings. The monoisotopic (exact) mass is 291 g/mol. The van der Waals surface area contributed by atoms with Gasteiger partial charge >= 0.3 is 0 Å². The third-order valence-corrected chi connectivity index (χ3v) is 2.30. The molecule has 0 aliphatic heterocycles. The van der Waals surface area contributed by atoms with Gasteiger partial charge in [-0.2, -0.15) is 0 Å². The molecule has 0 spiro atoms. The molecule has 1 rings (SSSR count). The molecule has 0 saturated heterocycles. The van der Waals surface area contributed by atoms with E-state index >= 15 is 0 Å². The Morgan fingerprint density at radius 3 is 2.94 bits per heavy atom. The molecule has 4 nitrogen and oxygen atoms in total. The number of rotatable bonds is 5. The molecule has 16 heavy (non-hydrogen) atoms. The topological polar surface area (TPSA) is 58.6 Å². The van der Waals surface area contributed by atoms with Gasteiger partial charge in [0.05, 0.1) is 11.1 Å². The minimum Gasteiger partial charge on any atom is -0.484 e. The standard InChI is InChI=1S/C10H11BrFNO3/c11-8-5-7(1-2-9(8)12)16-6-10(15)13-3-4-14/h1-2,5,14H,3-4,6H2,(H,13,15). The van der Waals surface area contributed by atoms with Gasteiger partial charge in [-0.1, -0.05) is 0 Å². The molecule has 1 amide bonds. The van der Waals surface area contributed by atoms with E-state index in [1.807, 2.05) is 0 Å². The van der Waals surface area contributed by atoms with E-state index < -0.39 is 5.82 Å². The first kappa shape index (κ1) is 12.9. The number of carbonyl (C=O) groups excluding carboxylic acids is 1. The van der Waals surface area contributed by atoms with Crippen molar-refractivity contribution in [2.45, 2.75) is 0 Å². The van der Waals surface area contributed by atoms with Crippen LogP contribution in [0.5, 0.6) is 5.75 Å². The van der Waals surface area contributed by atoms with Crippen molar-refractivity contribution in [3.05, 3.63) is 28.5 Å². The van der Waals surface area contributed by atoms with Gasteiger partial charge in [-0.25, -0.2) is 4.39 Å². The third kappa shape index (κ3) is 4.16. The molecule has 0 heterocycles. The van der Waals surface area contributed by atoms with E-state index in [9.17, 15) is 9.18 Å². The van der Waals surface area contributed by atoms with Gasteiger partial charge in [0.1, 0.15) is 11.6 Å². The number of halogens is 2. The summed E-state index contributed by atoms with van der Waals surface area (Å²) in [7, 11) is 0. The fourth-order valence-electron chi connectivity index (χ4n) is 0.962. The van der Waals surface area contributed by atoms with Crippen molar-refractivity contribution < 1.29 is 19.0 Å². The summed E-state index contributed by atoms with van der Waals surface area (Å²) in [5, 5.41) is 10.9. The summed E-state index contributed by atoms with van der Waals surface area (Å²) in [5.41, 5.74) is 0. The molecule has 6 heteroatoms. The number of carbonyl (C=O) groups is 1. The van der Waals surface area contributed by atoms with Crippen LogP contribution in [0.1, 0.15) is 0 Å². The molecule has 0 aliphatic carbocycles. The summed E-state index contributed by atoms with van der Waals surface area (Å²) in [5.74, 6) is -0.334. The van der Waals surface area contributed by atoms with Crippen molar-refractivity contribution in [2.24, 2.45) is 0 Å². The zero-order chi connectivity index (χ0) is 12.0. The summed E-state index contributed by atoms with van der Waals surface area (Å²) >= 11 is 3.01. The summed E-state index contributed by atoms with van der Waals surface area (Å²) in [4.78, 5) is 11.1. The Labute approximate surface area is 101 Å². The number of benzene rings is 1. The number of amides is 1. The third-order valence-electron chi connectivity index (χ3n) is 1.69. The van der Waals surface area contributed by atoms with Crippen molar-refractivity contribution in [3.8, 4) is 5.75 Å². The average molecular weight is 292 g/mol. The first-order valence-corrected chi connectivity index (χ1v) is 5.38. The lowest BCUT2D eigenvalue weighted by molar-refractivity contribution is -0.123. The molecule has 0 bridgehead atoms. The fourth-order valence-corrected chi connectivity index (χ4v) is 1.32. The quantitative estimate of drug-likeness (QED) is 0.853. The molecule has 0 radical (unpaired) electrons. The zero-order valence-corrected chi connectivity index (χ0v) is 9.96. The highest BCUT2D eigenvalue weighted by Gasteiger charge is 2.04. The van der Waals surface area contributed by atoms with E-state index in [1.54, 1.807) is 0 Å². The van der Waals surface area contributed by atoms with Crippen molar-refractivity contribution in [1.29, 1.82) is 0 Å². The molecule has 1 aromatic carbocycles. The molecule has 88 valence electrons. The Bertz CT molecular complexity index is 373. The predicted molar refractivity (Wildman–Crippen MR) is 59.7 cm³/mol. The van der Waals surface area contributed by atoms with Crippen LogP contribution in [0.2, 0.25) is 0 Å². The Kier molecular flexibility index (Phi) is 5.21. The summed E-state index contributed by atoms with van der Waals surface area (Å²) in [6.45, 7) is -0.0960. The van der Waals surface area contributed by atoms with E-state index in [0.717, 1.165) is 0 Å². The SMILES string of the molecule is O=C(COc1ccc(F)c(Br)c1)NCCO. The molecule has 0 saturated carbocycles. The Morgan fingerprint density at radius 1 is 1.56 bits per heavy atom. The largest absolute Gasteiger partial charge is 0.484 e. The van der Waals surface area contributed by atoms with Crippen molar-refractivity contribution in [1.82, 2.24) is 5.32 Å². The maximum Gasteiger partial charge on any atom is 0.258 e. The highest BCUT2D eigenvalue weighted by Crippen LogP contribution is 2.21. The number of hydrogen-bond donors (Lipinski definition) is 2. The second kappa shape index (κ2) is 6.44. The zero-order valence-electron chi connectivity index (χ0n) is 8.37. The number of aliphatic hydroxyl groups is 1. The van der Waals surface area contributed by atoms with Gasteiger partial charge < -0.3 is 15.2 Å². The predicted octanol–water partition coefficient (Wildman–Crippen LogP) is 1.08. The van der Waals surface area contributed by atoms with E-state index in [0.29, 0.717) is 5.75 Å². The fraction of sp³-hybridized carbons (Fsp3) is 0.300. The summed E-state index contributed by atoms with van der Waals surface area (Å²) < 4.78 is 18.2. The second-order valence-electron chi connectivity index (χ2n) is 2.94. The molecule has 0 atom stereocenters. The van der Waals surface area contributed by atoms with Crippen LogP contribution in [0.25, 0.3) is 0 Å². The van der Waals surface area contributed by atoms with Crippen LogP contribution in [0.15, 0.2) is 22.7 Å². The number of nitrogens with one attached hydrogen (secondary N) is 1. The van der Waals surface area contributed by atoms with E-state index in [2.05, 4.69) is 21.2 Å². The summed E-state index contributed by atoms with van der Waals surface area (Å²) in [6.07, 6.45) is 0. The molecule has 0 fully saturated rings. The highest BCUT2D eigenvalue weighted by atomic mass is 79.9. The molecular weight excluding hydrogens is 281 g/mol. The lowest BCUT2D eigenvalue weighted by Crippen LogP contribution is -2.31. The normalized spacial score (nSPS) is 9.94. The van der Waals surface area contributed by atoms with E-state index in [1.165, 1.54) is 18.2 Å². The Balaban J connectivity index is 2.42. The van der Waals surface area contributed by atoms with Crippen LogP contribution in [-0.4, -0.2) is 30.8 Å². The minimum absolute atomic E-state index is 0.117. The smallest absolute Gasteiger partial charge is 0.258 e. The molecule has 0 aromatic heterocycles. The van der Waals surface area contributed by atoms with Gasteiger partial charge in [0, 0.05) is 6.54 Å². The van der Waals surface area contributed by atoms with Gasteiger partial charge in [-0.3, -0.25) is 4.79 Å². The van der Waals surface area contributed by atoms with Crippen LogP contribution in [0.3, 0.4) is 0 Å². The van der Waals surface area contributed by atoms with Gasteiger partial charge in [0.25, 0.3) is 5.91 Å². The minimum atomic E-state index is -0.392. The van der Waals surface area contributed by atoms with E-state index in [-0.39, 0.29) is 30.1 Å². The number of aliphatic hydroxyl groups excluding tert-OH is 1. The number of hydrogen-bond acceptors (Lipinski definition) is 3. The van der Waals surface area contributed by atoms with E-state index in [4.69, 9.17) is 9.84 Å². The first-order valence-electron chi connectivity index (χ1n) is 4.59. The Morgan fingerprint density at radius 2 is 2.31 bits per heavy atom. The maximum absolute atomic E-state index is 12.9. The van der Waals surface area contributed by atoms with Crippen LogP contribution in [0.4, 0.5) is 4.39 Å². The Hall–Kier alpha value is -1.14. The molecule has 0 unspecified atom stereocenters.